The maximum Gasteiger partial charge on any atom is 0.240 e. The fourth-order valence-corrected chi connectivity index (χ4v) is 4.45. The van der Waals surface area contributed by atoms with Gasteiger partial charge in [-0.1, -0.05) is 24.3 Å². The normalized spacial score (nSPS) is 13.8. The molecule has 3 aromatic rings. The number of sulfonamides is 1. The van der Waals surface area contributed by atoms with Crippen molar-refractivity contribution >= 4 is 21.6 Å². The van der Waals surface area contributed by atoms with Crippen LogP contribution in [0.3, 0.4) is 0 Å². The molecule has 1 aliphatic rings. The molecule has 0 saturated heterocycles. The molecule has 1 heterocycles. The number of anilines is 1. The molecule has 0 bridgehead atoms. The van der Waals surface area contributed by atoms with Gasteiger partial charge < -0.3 is 10.5 Å². The van der Waals surface area contributed by atoms with Gasteiger partial charge in [0.15, 0.2) is 0 Å². The number of para-hydroxylation sites is 1. The fourth-order valence-electron chi connectivity index (χ4n) is 3.14. The Morgan fingerprint density at radius 2 is 1.80 bits per heavy atom. The molecule has 4 N–H and O–H groups in total. The van der Waals surface area contributed by atoms with Crippen LogP contribution in [0.5, 0.6) is 5.75 Å². The van der Waals surface area contributed by atoms with Crippen LogP contribution in [0.2, 0.25) is 0 Å². The Morgan fingerprint density at radius 3 is 2.47 bits per heavy atom. The van der Waals surface area contributed by atoms with Crippen LogP contribution in [-0.2, 0) is 10.0 Å². The minimum Gasteiger partial charge on any atom is -0.496 e. The number of pyridine rings is 1. The number of rotatable bonds is 7. The summed E-state index contributed by atoms with van der Waals surface area (Å²) in [6.45, 7) is 0. The zero-order valence-electron chi connectivity index (χ0n) is 16.4. The molecule has 7 nitrogen and oxygen atoms in total. The lowest BCUT2D eigenvalue weighted by atomic mass is 9.98. The van der Waals surface area contributed by atoms with E-state index >= 15 is 0 Å². The van der Waals surface area contributed by atoms with E-state index in [9.17, 15) is 8.42 Å². The van der Waals surface area contributed by atoms with Crippen LogP contribution >= 0.6 is 0 Å². The van der Waals surface area contributed by atoms with Crippen LogP contribution in [0.15, 0.2) is 65.7 Å². The first-order chi connectivity index (χ1) is 14.4. The van der Waals surface area contributed by atoms with Crippen LogP contribution in [0.1, 0.15) is 24.0 Å². The Balaban J connectivity index is 1.65. The third kappa shape index (κ3) is 4.05. The highest BCUT2D eigenvalue weighted by Gasteiger charge is 2.27. The van der Waals surface area contributed by atoms with Gasteiger partial charge in [-0.05, 0) is 48.7 Å². The Bertz CT molecular complexity index is 1200. The van der Waals surface area contributed by atoms with E-state index in [-0.39, 0.29) is 22.5 Å². The predicted molar refractivity (Wildman–Crippen MR) is 116 cm³/mol. The molecule has 1 fully saturated rings. The molecule has 1 aromatic heterocycles. The Hall–Kier alpha value is -3.23. The highest BCUT2D eigenvalue weighted by molar-refractivity contribution is 7.89. The Kier molecular flexibility index (Phi) is 5.27. The molecule has 1 aliphatic carbocycles. The molecular weight excluding hydrogens is 400 g/mol. The van der Waals surface area contributed by atoms with E-state index in [1.807, 2.05) is 12.1 Å². The molecule has 1 saturated carbocycles. The van der Waals surface area contributed by atoms with Gasteiger partial charge in [0.2, 0.25) is 10.0 Å². The second-order valence-electron chi connectivity index (χ2n) is 7.15. The first-order valence-corrected chi connectivity index (χ1v) is 11.0. The van der Waals surface area contributed by atoms with Crippen molar-refractivity contribution < 1.29 is 13.2 Å². The van der Waals surface area contributed by atoms with Crippen molar-refractivity contribution in [3.05, 3.63) is 71.9 Å². The standard InChI is InChI=1S/C22H22N4O3S/c1-29-20-5-3-2-4-18(20)21(23)19-12-15(13-25-22(19)24)14-6-10-17(11-7-14)30(27,28)26-16-8-9-16/h2-7,10-13,16,23,26H,8-9H2,1H3,(H2,24,25). The molecule has 0 aliphatic heterocycles. The zero-order chi connectivity index (χ0) is 21.3. The largest absolute Gasteiger partial charge is 0.496 e. The van der Waals surface area contributed by atoms with E-state index in [0.717, 1.165) is 24.0 Å². The average Bonchev–Trinajstić information content (AvgIpc) is 3.57. The fraction of sp³-hybridized carbons (Fsp3) is 0.182. The average molecular weight is 423 g/mol. The molecule has 4 rings (SSSR count). The number of ether oxygens (including phenoxy) is 1. The van der Waals surface area contributed by atoms with Gasteiger partial charge in [-0.15, -0.1) is 0 Å². The van der Waals surface area contributed by atoms with Crippen LogP contribution in [0, 0.1) is 5.41 Å². The second-order valence-corrected chi connectivity index (χ2v) is 8.87. The van der Waals surface area contributed by atoms with Crippen LogP contribution in [-0.4, -0.2) is 32.3 Å². The molecule has 0 atom stereocenters. The van der Waals surface area contributed by atoms with Gasteiger partial charge in [0, 0.05) is 28.9 Å². The number of hydrogen-bond donors (Lipinski definition) is 3. The van der Waals surface area contributed by atoms with Gasteiger partial charge in [0.25, 0.3) is 0 Å². The summed E-state index contributed by atoms with van der Waals surface area (Å²) in [6.07, 6.45) is 3.38. The summed E-state index contributed by atoms with van der Waals surface area (Å²) in [6, 6.07) is 15.7. The topological polar surface area (TPSA) is 118 Å². The van der Waals surface area contributed by atoms with Crippen molar-refractivity contribution in [1.82, 2.24) is 9.71 Å². The van der Waals surface area contributed by atoms with Gasteiger partial charge in [0.05, 0.1) is 17.7 Å². The number of methoxy groups -OCH3 is 1. The Morgan fingerprint density at radius 1 is 1.10 bits per heavy atom. The first-order valence-electron chi connectivity index (χ1n) is 9.49. The summed E-state index contributed by atoms with van der Waals surface area (Å²) in [4.78, 5) is 4.47. The monoisotopic (exact) mass is 422 g/mol. The Labute approximate surface area is 175 Å². The number of benzene rings is 2. The highest BCUT2D eigenvalue weighted by atomic mass is 32.2. The highest BCUT2D eigenvalue weighted by Crippen LogP contribution is 2.28. The first kappa shape index (κ1) is 20.1. The van der Waals surface area contributed by atoms with E-state index in [2.05, 4.69) is 9.71 Å². The van der Waals surface area contributed by atoms with Gasteiger partial charge >= 0.3 is 0 Å². The minimum atomic E-state index is -3.50. The van der Waals surface area contributed by atoms with E-state index in [4.69, 9.17) is 15.9 Å². The van der Waals surface area contributed by atoms with Crippen molar-refractivity contribution in [3.8, 4) is 16.9 Å². The van der Waals surface area contributed by atoms with E-state index < -0.39 is 10.0 Å². The molecular formula is C22H22N4O3S. The molecule has 2 aromatic carbocycles. The number of hydrogen-bond acceptors (Lipinski definition) is 6. The summed E-state index contributed by atoms with van der Waals surface area (Å²) < 4.78 is 32.7. The summed E-state index contributed by atoms with van der Waals surface area (Å²) >= 11 is 0. The molecule has 0 radical (unpaired) electrons. The van der Waals surface area contributed by atoms with E-state index in [0.29, 0.717) is 16.9 Å². The molecule has 8 heteroatoms. The number of nitrogens with two attached hydrogens (primary N) is 1. The number of nitrogens with zero attached hydrogens (tertiary/aromatic N) is 1. The van der Waals surface area contributed by atoms with E-state index in [1.54, 1.807) is 55.8 Å². The second kappa shape index (κ2) is 7.89. The van der Waals surface area contributed by atoms with Gasteiger partial charge in [-0.3, -0.25) is 5.41 Å². The summed E-state index contributed by atoms with van der Waals surface area (Å²) in [5.74, 6) is 0.813. The zero-order valence-corrected chi connectivity index (χ0v) is 17.2. The van der Waals surface area contributed by atoms with Crippen molar-refractivity contribution in [1.29, 1.82) is 5.41 Å². The quantitative estimate of drug-likeness (QED) is 0.505. The number of nitrogen functional groups attached to an aromatic ring is 1. The van der Waals surface area contributed by atoms with E-state index in [1.165, 1.54) is 0 Å². The maximum absolute atomic E-state index is 12.4. The van der Waals surface area contributed by atoms with Crippen molar-refractivity contribution in [2.24, 2.45) is 0 Å². The summed E-state index contributed by atoms with van der Waals surface area (Å²) in [7, 11) is -1.95. The molecule has 0 spiro atoms. The SMILES string of the molecule is COc1ccccc1C(=N)c1cc(-c2ccc(S(=O)(=O)NC3CC3)cc2)cnc1N. The lowest BCUT2D eigenvalue weighted by molar-refractivity contribution is 0.414. The number of nitrogens with one attached hydrogen (secondary N) is 2. The van der Waals surface area contributed by atoms with Gasteiger partial charge in [-0.2, -0.15) is 0 Å². The maximum atomic E-state index is 12.4. The van der Waals surface area contributed by atoms with Crippen molar-refractivity contribution in [2.45, 2.75) is 23.8 Å². The van der Waals surface area contributed by atoms with Crippen LogP contribution < -0.4 is 15.2 Å². The number of aromatic nitrogens is 1. The van der Waals surface area contributed by atoms with Crippen LogP contribution in [0.25, 0.3) is 11.1 Å². The smallest absolute Gasteiger partial charge is 0.240 e. The van der Waals surface area contributed by atoms with Gasteiger partial charge in [-0.25, -0.2) is 18.1 Å². The third-order valence-electron chi connectivity index (χ3n) is 4.96. The lowest BCUT2D eigenvalue weighted by Crippen LogP contribution is -2.25. The summed E-state index contributed by atoms with van der Waals surface area (Å²) in [5.41, 5.74) is 8.85. The lowest BCUT2D eigenvalue weighted by Gasteiger charge is -2.13. The van der Waals surface area contributed by atoms with Gasteiger partial charge in [0.1, 0.15) is 11.6 Å². The summed E-state index contributed by atoms with van der Waals surface area (Å²) in [5, 5.41) is 8.61. The molecule has 0 unspecified atom stereocenters. The van der Waals surface area contributed by atoms with Crippen molar-refractivity contribution in [3.63, 3.8) is 0 Å². The third-order valence-corrected chi connectivity index (χ3v) is 6.50. The molecule has 0 amide bonds. The minimum absolute atomic E-state index is 0.0551. The molecule has 30 heavy (non-hydrogen) atoms. The van der Waals surface area contributed by atoms with Crippen LogP contribution in [0.4, 0.5) is 5.82 Å². The predicted octanol–water partition coefficient (Wildman–Crippen LogP) is 3.20. The molecule has 154 valence electrons. The van der Waals surface area contributed by atoms with Crippen molar-refractivity contribution in [2.75, 3.05) is 12.8 Å².